The summed E-state index contributed by atoms with van der Waals surface area (Å²) in [6.07, 6.45) is 1.51. The lowest BCUT2D eigenvalue weighted by Gasteiger charge is -2.20. The molecule has 1 aliphatic rings. The number of sulfone groups is 1. The van der Waals surface area contributed by atoms with Gasteiger partial charge in [0.25, 0.3) is 5.91 Å². The molecule has 1 heterocycles. The Morgan fingerprint density at radius 1 is 0.907 bits per heavy atom. The van der Waals surface area contributed by atoms with Crippen LogP contribution in [0.25, 0.3) is 6.08 Å². The smallest absolute Gasteiger partial charge is 0.311 e. The van der Waals surface area contributed by atoms with Gasteiger partial charge in [-0.2, -0.15) is 0 Å². The Morgan fingerprint density at radius 2 is 1.63 bits per heavy atom. The Morgan fingerprint density at radius 3 is 2.30 bits per heavy atom. The summed E-state index contributed by atoms with van der Waals surface area (Å²) in [4.78, 5) is 24.9. The quantitative estimate of drug-likeness (QED) is 0.124. The van der Waals surface area contributed by atoms with Crippen LogP contribution in [0.4, 0.5) is 11.4 Å². The van der Waals surface area contributed by atoms with E-state index in [-0.39, 0.29) is 33.6 Å². The first-order chi connectivity index (χ1) is 20.7. The van der Waals surface area contributed by atoms with Crippen molar-refractivity contribution in [2.75, 3.05) is 19.5 Å². The third-order valence-corrected chi connectivity index (χ3v) is 9.30. The number of methoxy groups -OCH3 is 2. The molecule has 0 bridgehead atoms. The molecule has 0 spiro atoms. The second kappa shape index (κ2) is 12.6. The van der Waals surface area contributed by atoms with E-state index in [1.807, 2.05) is 30.3 Å². The van der Waals surface area contributed by atoms with E-state index < -0.39 is 20.7 Å². The molecular formula is C31H26N2O8S2. The van der Waals surface area contributed by atoms with Crippen LogP contribution in [0.15, 0.2) is 99.6 Å². The Labute approximate surface area is 252 Å². The number of thioether (sulfide) groups is 1. The standard InChI is InChI=1S/C31H26N2O8S2/c1-39-26-9-6-10-27(40-2)23(26)19-43(37,38)22-12-13-24-29(17-22)42-30(31(34)32-24)16-21-11-14-28(25(15-21)33(35)36)41-18-20-7-4-3-5-8-20/h3-17H,18-19H2,1-2H3,(H,32,34). The van der Waals surface area contributed by atoms with Gasteiger partial charge >= 0.3 is 5.69 Å². The van der Waals surface area contributed by atoms with Crippen molar-refractivity contribution in [3.63, 3.8) is 0 Å². The summed E-state index contributed by atoms with van der Waals surface area (Å²) < 4.78 is 43.3. The van der Waals surface area contributed by atoms with E-state index in [4.69, 9.17) is 14.2 Å². The van der Waals surface area contributed by atoms with E-state index in [1.165, 1.54) is 50.6 Å². The molecule has 0 unspecified atom stereocenters. The number of benzene rings is 4. The first kappa shape index (κ1) is 29.7. The Bertz CT molecular complexity index is 1820. The fourth-order valence-corrected chi connectivity index (χ4v) is 6.92. The topological polar surface area (TPSA) is 134 Å². The number of hydrogen-bond donors (Lipinski definition) is 1. The number of hydrogen-bond acceptors (Lipinski definition) is 9. The SMILES string of the molecule is COc1cccc(OC)c1CS(=O)(=O)c1ccc2c(c1)SC(=Cc1ccc(OCc3ccccc3)c([N+](=O)[O-])c1)C(=O)N2. The summed E-state index contributed by atoms with van der Waals surface area (Å²) in [7, 11) is -0.931. The second-order valence-electron chi connectivity index (χ2n) is 9.38. The number of fused-ring (bicyclic) bond motifs is 1. The van der Waals surface area contributed by atoms with Gasteiger partial charge in [-0.3, -0.25) is 14.9 Å². The number of ether oxygens (including phenoxy) is 3. The molecule has 0 fully saturated rings. The van der Waals surface area contributed by atoms with Crippen LogP contribution in [0.5, 0.6) is 17.2 Å². The van der Waals surface area contributed by atoms with Gasteiger partial charge in [0.1, 0.15) is 18.1 Å². The normalized spacial score (nSPS) is 13.6. The van der Waals surface area contributed by atoms with Crippen LogP contribution in [-0.4, -0.2) is 33.5 Å². The average Bonchev–Trinajstić information content (AvgIpc) is 3.00. The van der Waals surface area contributed by atoms with Crippen molar-refractivity contribution in [2.45, 2.75) is 22.2 Å². The number of nitro groups is 1. The molecule has 4 aromatic carbocycles. The van der Waals surface area contributed by atoms with Crippen molar-refractivity contribution in [1.82, 2.24) is 0 Å². The first-order valence-electron chi connectivity index (χ1n) is 12.9. The fraction of sp³-hybridized carbons (Fsp3) is 0.129. The maximum Gasteiger partial charge on any atom is 0.311 e. The van der Waals surface area contributed by atoms with Crippen molar-refractivity contribution >= 4 is 45.0 Å². The van der Waals surface area contributed by atoms with Crippen molar-refractivity contribution < 1.29 is 32.3 Å². The predicted molar refractivity (Wildman–Crippen MR) is 163 cm³/mol. The number of nitrogens with zero attached hydrogens (tertiary/aromatic N) is 1. The number of nitro benzene ring substituents is 1. The van der Waals surface area contributed by atoms with Crippen LogP contribution in [0.1, 0.15) is 16.7 Å². The largest absolute Gasteiger partial charge is 0.496 e. The molecule has 0 aliphatic carbocycles. The molecule has 12 heteroatoms. The van der Waals surface area contributed by atoms with Gasteiger partial charge in [0.2, 0.25) is 0 Å². The van der Waals surface area contributed by atoms with E-state index >= 15 is 0 Å². The van der Waals surface area contributed by atoms with E-state index in [9.17, 15) is 23.3 Å². The zero-order chi connectivity index (χ0) is 30.6. The fourth-order valence-electron chi connectivity index (χ4n) is 4.45. The number of nitrogens with one attached hydrogen (secondary N) is 1. The van der Waals surface area contributed by atoms with Gasteiger partial charge in [-0.1, -0.05) is 54.2 Å². The van der Waals surface area contributed by atoms with Crippen LogP contribution in [0.2, 0.25) is 0 Å². The van der Waals surface area contributed by atoms with Gasteiger partial charge in [-0.15, -0.1) is 0 Å². The van der Waals surface area contributed by atoms with Gasteiger partial charge in [0.15, 0.2) is 15.6 Å². The summed E-state index contributed by atoms with van der Waals surface area (Å²) >= 11 is 1.07. The molecule has 0 aromatic heterocycles. The van der Waals surface area contributed by atoms with Crippen molar-refractivity contribution in [2.24, 2.45) is 0 Å². The maximum absolute atomic E-state index is 13.4. The molecule has 0 saturated carbocycles. The Hall–Kier alpha value is -4.81. The minimum atomic E-state index is -3.84. The van der Waals surface area contributed by atoms with Gasteiger partial charge < -0.3 is 19.5 Å². The summed E-state index contributed by atoms with van der Waals surface area (Å²) in [6, 6.07) is 23.2. The van der Waals surface area contributed by atoms with Crippen LogP contribution in [-0.2, 0) is 27.0 Å². The molecule has 0 saturated heterocycles. The van der Waals surface area contributed by atoms with E-state index in [2.05, 4.69) is 5.32 Å². The number of carbonyl (C=O) groups excluding carboxylic acids is 1. The lowest BCUT2D eigenvalue weighted by molar-refractivity contribution is -0.386. The maximum atomic E-state index is 13.4. The molecule has 1 amide bonds. The van der Waals surface area contributed by atoms with E-state index in [0.717, 1.165) is 17.3 Å². The van der Waals surface area contributed by atoms with Crippen molar-refractivity contribution in [3.8, 4) is 17.2 Å². The van der Waals surface area contributed by atoms with E-state index in [0.29, 0.717) is 33.2 Å². The number of anilines is 1. The molecule has 4 aromatic rings. The molecule has 43 heavy (non-hydrogen) atoms. The molecule has 5 rings (SSSR count). The number of carbonyl (C=O) groups is 1. The highest BCUT2D eigenvalue weighted by Crippen LogP contribution is 2.41. The number of rotatable bonds is 10. The Balaban J connectivity index is 1.40. The lowest BCUT2D eigenvalue weighted by Crippen LogP contribution is -2.18. The highest BCUT2D eigenvalue weighted by Gasteiger charge is 2.26. The van der Waals surface area contributed by atoms with Gasteiger partial charge in [-0.25, -0.2) is 8.42 Å². The molecule has 220 valence electrons. The molecule has 0 atom stereocenters. The molecule has 10 nitrogen and oxygen atoms in total. The summed E-state index contributed by atoms with van der Waals surface area (Å²) in [6.45, 7) is 0.159. The summed E-state index contributed by atoms with van der Waals surface area (Å²) in [5.41, 5.74) is 1.88. The summed E-state index contributed by atoms with van der Waals surface area (Å²) in [5.74, 6) is 0.0975. The molecule has 1 N–H and O–H groups in total. The highest BCUT2D eigenvalue weighted by atomic mass is 32.2. The molecule has 0 radical (unpaired) electrons. The monoisotopic (exact) mass is 618 g/mol. The van der Waals surface area contributed by atoms with Crippen LogP contribution >= 0.6 is 11.8 Å². The summed E-state index contributed by atoms with van der Waals surface area (Å²) in [5, 5.41) is 14.6. The lowest BCUT2D eigenvalue weighted by atomic mass is 10.1. The van der Waals surface area contributed by atoms with Gasteiger partial charge in [0.05, 0.1) is 45.9 Å². The van der Waals surface area contributed by atoms with Gasteiger partial charge in [-0.05, 0) is 53.6 Å². The Kier molecular flexibility index (Phi) is 8.69. The third-order valence-electron chi connectivity index (χ3n) is 6.58. The van der Waals surface area contributed by atoms with Crippen LogP contribution in [0.3, 0.4) is 0 Å². The minimum absolute atomic E-state index is 0.0535. The number of amides is 1. The molecular weight excluding hydrogens is 592 g/mol. The molecule has 1 aliphatic heterocycles. The second-order valence-corrected chi connectivity index (χ2v) is 12.5. The van der Waals surface area contributed by atoms with Crippen LogP contribution in [0, 0.1) is 10.1 Å². The van der Waals surface area contributed by atoms with Crippen LogP contribution < -0.4 is 19.5 Å². The minimum Gasteiger partial charge on any atom is -0.496 e. The van der Waals surface area contributed by atoms with Crippen molar-refractivity contribution in [1.29, 1.82) is 0 Å². The van der Waals surface area contributed by atoms with Gasteiger partial charge in [0, 0.05) is 11.0 Å². The van der Waals surface area contributed by atoms with Crippen molar-refractivity contribution in [3.05, 3.63) is 117 Å². The third kappa shape index (κ3) is 6.65. The zero-order valence-corrected chi connectivity index (χ0v) is 24.7. The highest BCUT2D eigenvalue weighted by molar-refractivity contribution is 8.04. The predicted octanol–water partition coefficient (Wildman–Crippen LogP) is 6.25. The van der Waals surface area contributed by atoms with E-state index in [1.54, 1.807) is 24.3 Å². The average molecular weight is 619 g/mol. The first-order valence-corrected chi connectivity index (χ1v) is 15.4. The zero-order valence-electron chi connectivity index (χ0n) is 23.1.